The van der Waals surface area contributed by atoms with E-state index in [1.165, 1.54) is 0 Å². The molecular weight excluding hydrogens is 260 g/mol. The molecule has 1 aromatic heterocycles. The molecule has 0 radical (unpaired) electrons. The van der Waals surface area contributed by atoms with Gasteiger partial charge in [0, 0.05) is 17.1 Å². The quantitative estimate of drug-likeness (QED) is 0.774. The minimum atomic E-state index is 0.0286. The van der Waals surface area contributed by atoms with Crippen LogP contribution in [-0.4, -0.2) is 4.98 Å². The van der Waals surface area contributed by atoms with Crippen molar-refractivity contribution in [3.8, 4) is 11.5 Å². The van der Waals surface area contributed by atoms with Crippen LogP contribution in [0.3, 0.4) is 0 Å². The molecular formula is C18H18N2O. The number of para-hydroxylation sites is 1. The molecule has 2 aromatic carbocycles. The number of aromatic nitrogens is 1. The largest absolute Gasteiger partial charge is 0.455 e. The fraction of sp³-hybridized carbons (Fsp3) is 0.167. The molecule has 0 aliphatic rings. The Labute approximate surface area is 124 Å². The maximum absolute atomic E-state index is 5.98. The van der Waals surface area contributed by atoms with Crippen LogP contribution < -0.4 is 10.5 Å². The highest BCUT2D eigenvalue weighted by atomic mass is 16.5. The van der Waals surface area contributed by atoms with E-state index in [1.807, 2.05) is 62.4 Å². The van der Waals surface area contributed by atoms with Crippen LogP contribution in [0.2, 0.25) is 0 Å². The highest BCUT2D eigenvalue weighted by Gasteiger charge is 2.06. The van der Waals surface area contributed by atoms with Crippen molar-refractivity contribution >= 4 is 10.9 Å². The van der Waals surface area contributed by atoms with Gasteiger partial charge in [0.05, 0.1) is 0 Å². The van der Waals surface area contributed by atoms with E-state index in [4.69, 9.17) is 10.5 Å². The van der Waals surface area contributed by atoms with Gasteiger partial charge in [0.25, 0.3) is 0 Å². The first kappa shape index (κ1) is 13.6. The van der Waals surface area contributed by atoms with Crippen molar-refractivity contribution < 1.29 is 4.74 Å². The zero-order valence-electron chi connectivity index (χ0n) is 12.2. The lowest BCUT2D eigenvalue weighted by Crippen LogP contribution is -2.04. The molecule has 0 unspecified atom stereocenters. The predicted molar refractivity (Wildman–Crippen MR) is 85.6 cm³/mol. The summed E-state index contributed by atoms with van der Waals surface area (Å²) in [5, 5.41) is 1.07. The number of nitrogens with two attached hydrogens (primary N) is 1. The van der Waals surface area contributed by atoms with Crippen LogP contribution in [0.25, 0.3) is 10.9 Å². The van der Waals surface area contributed by atoms with Crippen molar-refractivity contribution in [1.29, 1.82) is 0 Å². The molecule has 0 saturated carbocycles. The first-order valence-corrected chi connectivity index (χ1v) is 7.03. The molecule has 0 aliphatic carbocycles. The van der Waals surface area contributed by atoms with Crippen LogP contribution in [0.5, 0.6) is 11.5 Å². The van der Waals surface area contributed by atoms with E-state index in [2.05, 4.69) is 11.1 Å². The van der Waals surface area contributed by atoms with Crippen LogP contribution >= 0.6 is 0 Å². The van der Waals surface area contributed by atoms with Crippen LogP contribution in [0.15, 0.2) is 54.6 Å². The molecule has 0 saturated heterocycles. The fourth-order valence-corrected chi connectivity index (χ4v) is 2.27. The molecule has 3 heteroatoms. The highest BCUT2D eigenvalue weighted by Crippen LogP contribution is 2.29. The van der Waals surface area contributed by atoms with Crippen molar-refractivity contribution in [3.63, 3.8) is 0 Å². The highest BCUT2D eigenvalue weighted by molar-refractivity contribution is 5.84. The van der Waals surface area contributed by atoms with Gasteiger partial charge in [0.15, 0.2) is 5.75 Å². The zero-order valence-corrected chi connectivity index (χ0v) is 12.2. The molecule has 1 heterocycles. The maximum Gasteiger partial charge on any atom is 0.153 e. The number of aryl methyl sites for hydroxylation is 1. The SMILES string of the molecule is Cc1ccc2cccc(Oc3ccc([C@H](C)N)cc3)c2n1. The molecule has 0 aliphatic heterocycles. The van der Waals surface area contributed by atoms with E-state index in [-0.39, 0.29) is 6.04 Å². The molecule has 0 fully saturated rings. The number of hydrogen-bond donors (Lipinski definition) is 1. The van der Waals surface area contributed by atoms with E-state index < -0.39 is 0 Å². The van der Waals surface area contributed by atoms with Crippen LogP contribution in [-0.2, 0) is 0 Å². The second-order valence-electron chi connectivity index (χ2n) is 5.24. The van der Waals surface area contributed by atoms with Gasteiger partial charge >= 0.3 is 0 Å². The van der Waals surface area contributed by atoms with Crippen molar-refractivity contribution in [3.05, 3.63) is 65.9 Å². The Balaban J connectivity index is 1.96. The standard InChI is InChI=1S/C18H18N2O/c1-12-6-7-15-4-3-5-17(18(15)20-12)21-16-10-8-14(9-11-16)13(2)19/h3-11,13H,19H2,1-2H3/t13-/m0/s1. The van der Waals surface area contributed by atoms with Crippen molar-refractivity contribution in [1.82, 2.24) is 4.98 Å². The number of nitrogens with zero attached hydrogens (tertiary/aromatic N) is 1. The van der Waals surface area contributed by atoms with Gasteiger partial charge in [-0.05, 0) is 43.7 Å². The molecule has 21 heavy (non-hydrogen) atoms. The molecule has 3 rings (SSSR count). The van der Waals surface area contributed by atoms with Crippen LogP contribution in [0.4, 0.5) is 0 Å². The Morgan fingerprint density at radius 3 is 2.48 bits per heavy atom. The number of benzene rings is 2. The summed E-state index contributed by atoms with van der Waals surface area (Å²) in [4.78, 5) is 4.57. The molecule has 106 valence electrons. The van der Waals surface area contributed by atoms with Crippen molar-refractivity contribution in [2.75, 3.05) is 0 Å². The van der Waals surface area contributed by atoms with Gasteiger partial charge < -0.3 is 10.5 Å². The minimum Gasteiger partial charge on any atom is -0.455 e. The second-order valence-corrected chi connectivity index (χ2v) is 5.24. The Morgan fingerprint density at radius 1 is 1.00 bits per heavy atom. The summed E-state index contributed by atoms with van der Waals surface area (Å²) in [5.41, 5.74) is 8.81. The minimum absolute atomic E-state index is 0.0286. The number of ether oxygens (including phenoxy) is 1. The van der Waals surface area contributed by atoms with E-state index in [0.717, 1.165) is 33.7 Å². The molecule has 2 N–H and O–H groups in total. The van der Waals surface area contributed by atoms with Crippen LogP contribution in [0.1, 0.15) is 24.2 Å². The third-order valence-corrected chi connectivity index (χ3v) is 3.46. The molecule has 0 amide bonds. The summed E-state index contributed by atoms with van der Waals surface area (Å²) in [7, 11) is 0. The van der Waals surface area contributed by atoms with Gasteiger partial charge in [-0.2, -0.15) is 0 Å². The monoisotopic (exact) mass is 278 g/mol. The van der Waals surface area contributed by atoms with E-state index in [0.29, 0.717) is 0 Å². The van der Waals surface area contributed by atoms with Gasteiger partial charge in [-0.3, -0.25) is 0 Å². The van der Waals surface area contributed by atoms with Gasteiger partial charge in [0.2, 0.25) is 0 Å². The lowest BCUT2D eigenvalue weighted by atomic mass is 10.1. The fourth-order valence-electron chi connectivity index (χ4n) is 2.27. The summed E-state index contributed by atoms with van der Waals surface area (Å²) in [6, 6.07) is 17.9. The first-order valence-electron chi connectivity index (χ1n) is 7.03. The number of hydrogen-bond acceptors (Lipinski definition) is 3. The normalized spacial score (nSPS) is 12.3. The van der Waals surface area contributed by atoms with Gasteiger partial charge in [-0.25, -0.2) is 4.98 Å². The van der Waals surface area contributed by atoms with E-state index in [9.17, 15) is 0 Å². The summed E-state index contributed by atoms with van der Waals surface area (Å²) in [6.45, 7) is 3.95. The summed E-state index contributed by atoms with van der Waals surface area (Å²) >= 11 is 0. The van der Waals surface area contributed by atoms with Crippen molar-refractivity contribution in [2.45, 2.75) is 19.9 Å². The Bertz CT molecular complexity index is 764. The molecule has 0 spiro atoms. The topological polar surface area (TPSA) is 48.1 Å². The average Bonchev–Trinajstić information content (AvgIpc) is 2.48. The maximum atomic E-state index is 5.98. The van der Waals surface area contributed by atoms with E-state index in [1.54, 1.807) is 0 Å². The average molecular weight is 278 g/mol. The second kappa shape index (κ2) is 5.54. The number of rotatable bonds is 3. The summed E-state index contributed by atoms with van der Waals surface area (Å²) in [5.74, 6) is 1.56. The van der Waals surface area contributed by atoms with Gasteiger partial charge in [0.1, 0.15) is 11.3 Å². The molecule has 1 atom stereocenters. The van der Waals surface area contributed by atoms with E-state index >= 15 is 0 Å². The lowest BCUT2D eigenvalue weighted by molar-refractivity contribution is 0.486. The molecule has 3 nitrogen and oxygen atoms in total. The van der Waals surface area contributed by atoms with Gasteiger partial charge in [-0.1, -0.05) is 30.3 Å². The Morgan fingerprint density at radius 2 is 1.76 bits per heavy atom. The Kier molecular flexibility index (Phi) is 3.59. The summed E-state index contributed by atoms with van der Waals surface area (Å²) in [6.07, 6.45) is 0. The lowest BCUT2D eigenvalue weighted by Gasteiger charge is -2.10. The predicted octanol–water partition coefficient (Wildman–Crippen LogP) is 4.36. The molecule has 0 bridgehead atoms. The third kappa shape index (κ3) is 2.88. The van der Waals surface area contributed by atoms with Gasteiger partial charge in [-0.15, -0.1) is 0 Å². The smallest absolute Gasteiger partial charge is 0.153 e. The van der Waals surface area contributed by atoms with Crippen LogP contribution in [0, 0.1) is 6.92 Å². The molecule has 3 aromatic rings. The number of pyridine rings is 1. The summed E-state index contributed by atoms with van der Waals surface area (Å²) < 4.78 is 5.98. The van der Waals surface area contributed by atoms with Crippen molar-refractivity contribution in [2.24, 2.45) is 5.73 Å². The number of fused-ring (bicyclic) bond motifs is 1. The Hall–Kier alpha value is -2.39. The first-order chi connectivity index (χ1) is 10.1. The zero-order chi connectivity index (χ0) is 14.8. The third-order valence-electron chi connectivity index (χ3n) is 3.46.